The van der Waals surface area contributed by atoms with E-state index in [0.717, 1.165) is 0 Å². The zero-order chi connectivity index (χ0) is 7.11. The third-order valence-corrected chi connectivity index (χ3v) is 0.865. The summed E-state index contributed by atoms with van der Waals surface area (Å²) in [6, 6.07) is 10.9. The molecule has 0 bridgehead atoms. The Hall–Kier alpha value is 0.690. The average Bonchev–Trinajstić information content (AvgIpc) is 1.94. The van der Waals surface area contributed by atoms with E-state index >= 15 is 0 Å². The van der Waals surface area contributed by atoms with Crippen LogP contribution in [0.5, 0.6) is 0 Å². The Bertz CT molecular complexity index is 139. The second kappa shape index (κ2) is 6.81. The Balaban J connectivity index is 0.000000291. The molecule has 0 fully saturated rings. The van der Waals surface area contributed by atoms with Crippen LogP contribution in [0.2, 0.25) is 0 Å². The van der Waals surface area contributed by atoms with Crippen LogP contribution in [0.1, 0.15) is 5.56 Å². The van der Waals surface area contributed by atoms with Crippen LogP contribution >= 0.6 is 19.0 Å². The number of benzene rings is 1. The Morgan fingerprint density at radius 1 is 1.44 bits per heavy atom. The van der Waals surface area contributed by atoms with Crippen LogP contribution in [0.15, 0.2) is 24.3 Å². The van der Waals surface area contributed by atoms with E-state index in [1.807, 2.05) is 50.2 Å². The summed E-state index contributed by atoms with van der Waals surface area (Å²) in [5.74, 6) is 0. The summed E-state index contributed by atoms with van der Waals surface area (Å²) >= 11 is 4.88. The molecule has 0 amide bonds. The summed E-state index contributed by atoms with van der Waals surface area (Å²) in [7, 11) is 0. The van der Waals surface area contributed by atoms with Gasteiger partial charge in [0, 0.05) is 0 Å². The molecule has 0 aliphatic rings. The molecule has 1 aromatic rings. The molecule has 9 heavy (non-hydrogen) atoms. The monoisotopic (exact) mass is 325 g/mol. The van der Waals surface area contributed by atoms with Crippen molar-refractivity contribution in [2.75, 3.05) is 0 Å². The molecule has 1 rings (SSSR count). The number of rotatable bonds is 0. The molecule has 0 saturated carbocycles. The van der Waals surface area contributed by atoms with E-state index in [9.17, 15) is 0 Å². The number of hydrogen-bond acceptors (Lipinski definition) is 0. The molecule has 0 aliphatic heterocycles. The predicted octanol–water partition coefficient (Wildman–Crippen LogP) is 2.68. The topological polar surface area (TPSA) is 0 Å². The van der Waals surface area contributed by atoms with Crippen molar-refractivity contribution in [2.24, 2.45) is 0 Å². The second-order valence-electron chi connectivity index (χ2n) is 1.55. The molecule has 0 nitrogen and oxygen atoms in total. The predicted molar refractivity (Wildman–Crippen MR) is 44.0 cm³/mol. The minimum absolute atomic E-state index is 1.20. The number of halogens is 1. The normalized spacial score (nSPS) is 7.56. The van der Waals surface area contributed by atoms with Gasteiger partial charge < -0.3 is 0 Å². The molecular formula is C7H7AgI-. The van der Waals surface area contributed by atoms with Crippen LogP contribution in [0.3, 0.4) is 0 Å². The molecule has 54 valence electrons. The molecule has 0 atom stereocenters. The SMILES string of the molecule is Cc1[c-]cccc1.[Ag][I]. The van der Waals surface area contributed by atoms with Crippen molar-refractivity contribution in [1.82, 2.24) is 0 Å². The average molecular weight is 326 g/mol. The van der Waals surface area contributed by atoms with Crippen molar-refractivity contribution in [3.63, 3.8) is 0 Å². The van der Waals surface area contributed by atoms with Gasteiger partial charge in [0.05, 0.1) is 0 Å². The summed E-state index contributed by atoms with van der Waals surface area (Å²) in [6.07, 6.45) is 0. The third kappa shape index (κ3) is 5.15. The fraction of sp³-hybridized carbons (Fsp3) is 0.143. The zero-order valence-corrected chi connectivity index (χ0v) is 8.63. The van der Waals surface area contributed by atoms with Gasteiger partial charge in [0.15, 0.2) is 0 Å². The number of aryl methyl sites for hydroxylation is 1. The molecule has 0 aliphatic carbocycles. The second-order valence-corrected chi connectivity index (χ2v) is 1.55. The summed E-state index contributed by atoms with van der Waals surface area (Å²) in [5.41, 5.74) is 1.20. The Morgan fingerprint density at radius 3 is 2.33 bits per heavy atom. The zero-order valence-electron chi connectivity index (χ0n) is 4.99. The first-order valence-electron chi connectivity index (χ1n) is 2.44. The van der Waals surface area contributed by atoms with Crippen molar-refractivity contribution in [1.29, 1.82) is 0 Å². The van der Waals surface area contributed by atoms with Crippen molar-refractivity contribution in [3.8, 4) is 0 Å². The quantitative estimate of drug-likeness (QED) is 0.391. The summed E-state index contributed by atoms with van der Waals surface area (Å²) < 4.78 is 0. The molecule has 0 spiro atoms. The van der Waals surface area contributed by atoms with Crippen LogP contribution < -0.4 is 0 Å². The molecule has 0 N–H and O–H groups in total. The van der Waals surface area contributed by atoms with Crippen molar-refractivity contribution in [2.45, 2.75) is 6.92 Å². The van der Waals surface area contributed by atoms with Crippen LogP contribution in [0.4, 0.5) is 0 Å². The first kappa shape index (κ1) is 9.69. The van der Waals surface area contributed by atoms with Gasteiger partial charge >= 0.3 is 36.3 Å². The fourth-order valence-electron chi connectivity index (χ4n) is 0.483. The van der Waals surface area contributed by atoms with E-state index in [0.29, 0.717) is 0 Å². The molecule has 0 unspecified atom stereocenters. The molecule has 0 heterocycles. The third-order valence-electron chi connectivity index (χ3n) is 0.865. The van der Waals surface area contributed by atoms with E-state index < -0.39 is 0 Å². The summed E-state index contributed by atoms with van der Waals surface area (Å²) in [4.78, 5) is 0. The van der Waals surface area contributed by atoms with Gasteiger partial charge in [-0.2, -0.15) is 35.9 Å². The summed E-state index contributed by atoms with van der Waals surface area (Å²) in [6.45, 7) is 2.03. The van der Waals surface area contributed by atoms with Crippen LogP contribution in [0, 0.1) is 13.0 Å². The Labute approximate surface area is 78.5 Å². The van der Waals surface area contributed by atoms with Gasteiger partial charge in [-0.05, 0) is 0 Å². The standard InChI is InChI=1S/C7H7.Ag.HI/c1-7-5-3-2-4-6-7;;/h2-5H,1H3;;1H/q-1;+1;/p-1. The Kier molecular flexibility index (Phi) is 7.33. The molecule has 0 radical (unpaired) electrons. The van der Waals surface area contributed by atoms with E-state index in [2.05, 4.69) is 23.3 Å². The first-order chi connectivity index (χ1) is 4.39. The van der Waals surface area contributed by atoms with Crippen molar-refractivity contribution < 1.29 is 17.3 Å². The van der Waals surface area contributed by atoms with E-state index in [-0.39, 0.29) is 0 Å². The fourth-order valence-corrected chi connectivity index (χ4v) is 0.483. The molecule has 0 aromatic heterocycles. The number of hydrogen-bond donors (Lipinski definition) is 0. The van der Waals surface area contributed by atoms with E-state index in [4.69, 9.17) is 0 Å². The van der Waals surface area contributed by atoms with Crippen molar-refractivity contribution in [3.05, 3.63) is 35.9 Å². The van der Waals surface area contributed by atoms with Gasteiger partial charge in [-0.15, -0.1) is 0 Å². The van der Waals surface area contributed by atoms with E-state index in [1.54, 1.807) is 0 Å². The van der Waals surface area contributed by atoms with E-state index in [1.165, 1.54) is 5.56 Å². The van der Waals surface area contributed by atoms with Gasteiger partial charge in [-0.3, -0.25) is 0 Å². The van der Waals surface area contributed by atoms with Gasteiger partial charge in [0.2, 0.25) is 0 Å². The summed E-state index contributed by atoms with van der Waals surface area (Å²) in [5, 5.41) is 0. The van der Waals surface area contributed by atoms with Crippen LogP contribution in [-0.4, -0.2) is 0 Å². The molecule has 1 aromatic carbocycles. The van der Waals surface area contributed by atoms with Gasteiger partial charge in [-0.25, -0.2) is 0 Å². The van der Waals surface area contributed by atoms with Gasteiger partial charge in [-0.1, -0.05) is 6.92 Å². The molecule has 0 saturated heterocycles. The van der Waals surface area contributed by atoms with Crippen molar-refractivity contribution >= 4 is 19.0 Å². The van der Waals surface area contributed by atoms with Crippen LogP contribution in [0.25, 0.3) is 0 Å². The van der Waals surface area contributed by atoms with Gasteiger partial charge in [0.1, 0.15) is 0 Å². The molecular weight excluding hydrogens is 319 g/mol. The minimum atomic E-state index is 1.20. The Morgan fingerprint density at radius 2 is 2.11 bits per heavy atom. The molecule has 2 heteroatoms. The maximum absolute atomic E-state index is 3.03. The first-order valence-corrected chi connectivity index (χ1v) is 6.85. The van der Waals surface area contributed by atoms with Gasteiger partial charge in [0.25, 0.3) is 0 Å². The maximum atomic E-state index is 3.03. The van der Waals surface area contributed by atoms with Crippen LogP contribution in [-0.2, 0) is 17.3 Å².